The molecule has 1 saturated carbocycles. The molecule has 0 amide bonds. The topological polar surface area (TPSA) is 85.7 Å². The molecule has 2 unspecified atom stereocenters. The van der Waals surface area contributed by atoms with Crippen LogP contribution in [0, 0.1) is 5.82 Å². The molecule has 3 aromatic heterocycles. The molecule has 1 fully saturated rings. The highest BCUT2D eigenvalue weighted by Crippen LogP contribution is 2.55. The fourth-order valence-electron chi connectivity index (χ4n) is 4.01. The Morgan fingerprint density at radius 2 is 1.90 bits per heavy atom. The van der Waals surface area contributed by atoms with Crippen LogP contribution < -0.4 is 10.1 Å². The molecule has 2 aliphatic rings. The van der Waals surface area contributed by atoms with Crippen LogP contribution in [0.1, 0.15) is 23.5 Å². The van der Waals surface area contributed by atoms with Crippen LogP contribution in [0.25, 0.3) is 22.0 Å². The van der Waals surface area contributed by atoms with Gasteiger partial charge in [-0.05, 0) is 18.6 Å². The molecule has 8 heteroatoms. The van der Waals surface area contributed by atoms with Crippen molar-refractivity contribution < 1.29 is 9.13 Å². The number of aromatic nitrogens is 5. The van der Waals surface area contributed by atoms with E-state index in [1.165, 1.54) is 18.7 Å². The number of halogens is 1. The highest BCUT2D eigenvalue weighted by molar-refractivity contribution is 5.98. The summed E-state index contributed by atoms with van der Waals surface area (Å²) in [4.78, 5) is 21.3. The average molecular weight is 386 g/mol. The highest BCUT2D eigenvalue weighted by atomic mass is 19.1. The third-order valence-corrected chi connectivity index (χ3v) is 5.49. The van der Waals surface area contributed by atoms with Gasteiger partial charge in [0.15, 0.2) is 0 Å². The minimum absolute atomic E-state index is 0.213. The SMILES string of the molecule is Fc1ccc2c(c1CNc1ncc(-c3cncnc3)c3ncncc13)C1CC1O2. The quantitative estimate of drug-likeness (QED) is 0.575. The molecule has 142 valence electrons. The second-order valence-corrected chi connectivity index (χ2v) is 7.22. The molecule has 0 spiro atoms. The summed E-state index contributed by atoms with van der Waals surface area (Å²) >= 11 is 0. The number of nitrogens with zero attached hydrogens (tertiary/aromatic N) is 5. The number of pyridine rings is 1. The lowest BCUT2D eigenvalue weighted by atomic mass is 10.0. The maximum Gasteiger partial charge on any atom is 0.137 e. The lowest BCUT2D eigenvalue weighted by Crippen LogP contribution is -2.07. The Bertz CT molecular complexity index is 1250. The average Bonchev–Trinajstić information content (AvgIpc) is 3.44. The number of hydrogen-bond donors (Lipinski definition) is 1. The molecule has 7 nitrogen and oxygen atoms in total. The van der Waals surface area contributed by atoms with Gasteiger partial charge in [-0.15, -0.1) is 0 Å². The molecule has 0 radical (unpaired) electrons. The minimum atomic E-state index is -0.231. The van der Waals surface area contributed by atoms with Gasteiger partial charge in [0.2, 0.25) is 0 Å². The normalized spacial score (nSPS) is 18.8. The van der Waals surface area contributed by atoms with Crippen molar-refractivity contribution >= 4 is 16.7 Å². The van der Waals surface area contributed by atoms with Crippen LogP contribution in [0.4, 0.5) is 10.2 Å². The number of rotatable bonds is 4. The summed E-state index contributed by atoms with van der Waals surface area (Å²) in [5, 5.41) is 4.03. The first kappa shape index (κ1) is 16.3. The molecule has 1 aliphatic heterocycles. The first-order chi connectivity index (χ1) is 14.3. The Morgan fingerprint density at radius 3 is 2.79 bits per heavy atom. The van der Waals surface area contributed by atoms with Crippen molar-refractivity contribution in [3.63, 3.8) is 0 Å². The monoisotopic (exact) mass is 386 g/mol. The Kier molecular flexibility index (Phi) is 3.46. The van der Waals surface area contributed by atoms with Gasteiger partial charge in [-0.25, -0.2) is 29.3 Å². The molecule has 29 heavy (non-hydrogen) atoms. The van der Waals surface area contributed by atoms with E-state index in [2.05, 4.69) is 30.2 Å². The van der Waals surface area contributed by atoms with Crippen molar-refractivity contribution in [2.45, 2.75) is 25.0 Å². The van der Waals surface area contributed by atoms with E-state index in [-0.39, 0.29) is 11.9 Å². The summed E-state index contributed by atoms with van der Waals surface area (Å²) in [6, 6.07) is 3.19. The van der Waals surface area contributed by atoms with Crippen molar-refractivity contribution in [1.82, 2.24) is 24.9 Å². The van der Waals surface area contributed by atoms with E-state index in [1.807, 2.05) is 0 Å². The van der Waals surface area contributed by atoms with Crippen molar-refractivity contribution in [1.29, 1.82) is 0 Å². The van der Waals surface area contributed by atoms with Gasteiger partial charge < -0.3 is 10.1 Å². The Morgan fingerprint density at radius 1 is 1.03 bits per heavy atom. The maximum absolute atomic E-state index is 14.6. The molecule has 2 atom stereocenters. The van der Waals surface area contributed by atoms with E-state index in [1.54, 1.807) is 30.9 Å². The summed E-state index contributed by atoms with van der Waals surface area (Å²) in [7, 11) is 0. The van der Waals surface area contributed by atoms with Crippen LogP contribution in [0.3, 0.4) is 0 Å². The van der Waals surface area contributed by atoms with E-state index < -0.39 is 0 Å². The maximum atomic E-state index is 14.6. The van der Waals surface area contributed by atoms with Crippen molar-refractivity contribution in [2.24, 2.45) is 0 Å². The number of hydrogen-bond acceptors (Lipinski definition) is 7. The molecule has 6 rings (SSSR count). The highest BCUT2D eigenvalue weighted by Gasteiger charge is 2.49. The molecule has 4 aromatic rings. The molecular weight excluding hydrogens is 371 g/mol. The lowest BCUT2D eigenvalue weighted by Gasteiger charge is -2.14. The number of nitrogens with one attached hydrogen (secondary N) is 1. The van der Waals surface area contributed by atoms with Gasteiger partial charge in [-0.3, -0.25) is 0 Å². The second-order valence-electron chi connectivity index (χ2n) is 7.22. The molecule has 0 bridgehead atoms. The predicted molar refractivity (Wildman–Crippen MR) is 104 cm³/mol. The van der Waals surface area contributed by atoms with E-state index in [9.17, 15) is 4.39 Å². The lowest BCUT2D eigenvalue weighted by molar-refractivity contribution is 0.318. The fraction of sp³-hybridized carbons (Fsp3) is 0.190. The van der Waals surface area contributed by atoms with Gasteiger partial charge in [-0.1, -0.05) is 0 Å². The van der Waals surface area contributed by atoms with Crippen molar-refractivity contribution in [2.75, 3.05) is 5.32 Å². The zero-order valence-electron chi connectivity index (χ0n) is 15.2. The molecular formula is C21H15FN6O. The van der Waals surface area contributed by atoms with E-state index in [4.69, 9.17) is 4.74 Å². The summed E-state index contributed by atoms with van der Waals surface area (Å²) in [6.07, 6.45) is 11.0. The Labute approximate surface area is 165 Å². The van der Waals surface area contributed by atoms with Crippen molar-refractivity contribution in [3.8, 4) is 16.9 Å². The Hall–Kier alpha value is -3.68. The number of ether oxygens (including phenoxy) is 1. The van der Waals surface area contributed by atoms with Crippen LogP contribution in [0.5, 0.6) is 5.75 Å². The Balaban J connectivity index is 1.38. The first-order valence-electron chi connectivity index (χ1n) is 9.35. The molecule has 4 heterocycles. The van der Waals surface area contributed by atoms with E-state index in [0.717, 1.165) is 39.8 Å². The third kappa shape index (κ3) is 2.60. The summed E-state index contributed by atoms with van der Waals surface area (Å²) in [6.45, 7) is 0.312. The van der Waals surface area contributed by atoms with Gasteiger partial charge in [0.25, 0.3) is 0 Å². The largest absolute Gasteiger partial charge is 0.489 e. The fourth-order valence-corrected chi connectivity index (χ4v) is 4.01. The summed E-state index contributed by atoms with van der Waals surface area (Å²) in [5.41, 5.74) is 3.99. The van der Waals surface area contributed by atoms with Gasteiger partial charge in [0.05, 0.1) is 10.9 Å². The van der Waals surface area contributed by atoms with Crippen molar-refractivity contribution in [3.05, 3.63) is 66.5 Å². The van der Waals surface area contributed by atoms with Gasteiger partial charge >= 0.3 is 0 Å². The molecule has 1 aliphatic carbocycles. The molecule has 1 aromatic carbocycles. The predicted octanol–water partition coefficient (Wildman–Crippen LogP) is 3.48. The third-order valence-electron chi connectivity index (χ3n) is 5.49. The smallest absolute Gasteiger partial charge is 0.137 e. The molecule has 0 saturated heterocycles. The van der Waals surface area contributed by atoms with Crippen LogP contribution >= 0.6 is 0 Å². The zero-order chi connectivity index (χ0) is 19.4. The first-order valence-corrected chi connectivity index (χ1v) is 9.35. The van der Waals surface area contributed by atoms with Crippen LogP contribution in [0.2, 0.25) is 0 Å². The van der Waals surface area contributed by atoms with E-state index >= 15 is 0 Å². The van der Waals surface area contributed by atoms with Gasteiger partial charge in [0, 0.05) is 59.5 Å². The van der Waals surface area contributed by atoms with Gasteiger partial charge in [0.1, 0.15) is 36.1 Å². The number of benzene rings is 1. The summed E-state index contributed by atoms with van der Waals surface area (Å²) < 4.78 is 20.4. The second kappa shape index (κ2) is 6.16. The van der Waals surface area contributed by atoms with Crippen LogP contribution in [-0.2, 0) is 6.54 Å². The van der Waals surface area contributed by atoms with Crippen LogP contribution in [0.15, 0.2) is 49.6 Å². The minimum Gasteiger partial charge on any atom is -0.489 e. The van der Waals surface area contributed by atoms with Crippen LogP contribution in [-0.4, -0.2) is 31.0 Å². The standard InChI is InChI=1S/C21H15FN6O/c22-16-1-2-17-19(12-3-18(12)29-17)14(16)8-27-21-15-6-25-10-28-20(15)13(7-26-21)11-4-23-9-24-5-11/h1-2,4-7,9-10,12,18H,3,8H2,(H,26,27). The zero-order valence-corrected chi connectivity index (χ0v) is 15.2. The molecule has 1 N–H and O–H groups in total. The number of fused-ring (bicyclic) bond motifs is 4. The summed E-state index contributed by atoms with van der Waals surface area (Å²) in [5.74, 6) is 1.48. The number of anilines is 1. The van der Waals surface area contributed by atoms with Gasteiger partial charge in [-0.2, -0.15) is 0 Å². The van der Waals surface area contributed by atoms with E-state index in [0.29, 0.717) is 23.8 Å².